The van der Waals surface area contributed by atoms with Crippen molar-refractivity contribution in [2.75, 3.05) is 18.4 Å². The quantitative estimate of drug-likeness (QED) is 0.669. The SMILES string of the molecule is O=C(Nc1cc(Cl)ccc1-n1cncn1)c1ccc(S(=O)(=O)N2CCCC2)cc1. The first-order chi connectivity index (χ1) is 13.9. The highest BCUT2D eigenvalue weighted by Gasteiger charge is 2.27. The number of sulfonamides is 1. The van der Waals surface area contributed by atoms with Crippen LogP contribution >= 0.6 is 11.6 Å². The van der Waals surface area contributed by atoms with Crippen LogP contribution in [-0.2, 0) is 10.0 Å². The maximum Gasteiger partial charge on any atom is 0.255 e. The summed E-state index contributed by atoms with van der Waals surface area (Å²) in [5.74, 6) is -0.390. The molecule has 1 aromatic heterocycles. The van der Waals surface area contributed by atoms with Gasteiger partial charge in [0.15, 0.2) is 0 Å². The maximum atomic E-state index is 12.7. The van der Waals surface area contributed by atoms with E-state index < -0.39 is 15.9 Å². The Morgan fingerprint density at radius 2 is 1.79 bits per heavy atom. The molecule has 1 N–H and O–H groups in total. The molecule has 0 radical (unpaired) electrons. The molecule has 29 heavy (non-hydrogen) atoms. The van der Waals surface area contributed by atoms with E-state index in [2.05, 4.69) is 15.4 Å². The number of carbonyl (C=O) groups is 1. The van der Waals surface area contributed by atoms with Gasteiger partial charge in [-0.3, -0.25) is 4.79 Å². The summed E-state index contributed by atoms with van der Waals surface area (Å²) in [7, 11) is -3.52. The Labute approximate surface area is 173 Å². The summed E-state index contributed by atoms with van der Waals surface area (Å²) in [4.78, 5) is 16.8. The van der Waals surface area contributed by atoms with Crippen LogP contribution in [0.4, 0.5) is 5.69 Å². The number of nitrogens with one attached hydrogen (secondary N) is 1. The lowest BCUT2D eigenvalue weighted by molar-refractivity contribution is 0.102. The molecular formula is C19H18ClN5O3S. The van der Waals surface area contributed by atoms with Crippen LogP contribution in [0.25, 0.3) is 5.69 Å². The van der Waals surface area contributed by atoms with Crippen LogP contribution < -0.4 is 5.32 Å². The number of aromatic nitrogens is 3. The average molecular weight is 432 g/mol. The van der Waals surface area contributed by atoms with Crippen molar-refractivity contribution in [3.05, 3.63) is 65.7 Å². The van der Waals surface area contributed by atoms with Crippen molar-refractivity contribution in [2.45, 2.75) is 17.7 Å². The fourth-order valence-corrected chi connectivity index (χ4v) is 4.88. The van der Waals surface area contributed by atoms with Gasteiger partial charge in [0.05, 0.1) is 16.3 Å². The maximum absolute atomic E-state index is 12.7. The van der Waals surface area contributed by atoms with Crippen LogP contribution in [0.5, 0.6) is 0 Å². The minimum Gasteiger partial charge on any atom is -0.320 e. The molecule has 0 saturated carbocycles. The van der Waals surface area contributed by atoms with Crippen LogP contribution in [0.3, 0.4) is 0 Å². The first-order valence-corrected chi connectivity index (χ1v) is 10.8. The van der Waals surface area contributed by atoms with Crippen LogP contribution in [0.1, 0.15) is 23.2 Å². The number of halogens is 1. The van der Waals surface area contributed by atoms with Gasteiger partial charge in [-0.1, -0.05) is 11.6 Å². The molecule has 10 heteroatoms. The highest BCUT2D eigenvalue weighted by atomic mass is 35.5. The van der Waals surface area contributed by atoms with Crippen molar-refractivity contribution in [3.63, 3.8) is 0 Å². The molecule has 0 spiro atoms. The van der Waals surface area contributed by atoms with Crippen molar-refractivity contribution in [1.29, 1.82) is 0 Å². The van der Waals surface area contributed by atoms with E-state index in [0.29, 0.717) is 35.1 Å². The highest BCUT2D eigenvalue weighted by Crippen LogP contribution is 2.25. The fourth-order valence-electron chi connectivity index (χ4n) is 3.19. The topological polar surface area (TPSA) is 97.2 Å². The van der Waals surface area contributed by atoms with Gasteiger partial charge in [-0.25, -0.2) is 18.1 Å². The average Bonchev–Trinajstić information content (AvgIpc) is 3.42. The molecule has 0 bridgehead atoms. The van der Waals surface area contributed by atoms with Gasteiger partial charge in [-0.15, -0.1) is 0 Å². The third kappa shape index (κ3) is 4.02. The summed E-state index contributed by atoms with van der Waals surface area (Å²) in [6.45, 7) is 1.06. The summed E-state index contributed by atoms with van der Waals surface area (Å²) < 4.78 is 28.2. The predicted octanol–water partition coefficient (Wildman–Crippen LogP) is 2.96. The second-order valence-electron chi connectivity index (χ2n) is 6.59. The molecule has 8 nitrogen and oxygen atoms in total. The molecule has 0 aliphatic carbocycles. The fraction of sp³-hybridized carbons (Fsp3) is 0.211. The minimum atomic E-state index is -3.52. The van der Waals surface area contributed by atoms with Gasteiger partial charge in [0.1, 0.15) is 12.7 Å². The van der Waals surface area contributed by atoms with Gasteiger partial charge in [-0.05, 0) is 55.3 Å². The van der Waals surface area contributed by atoms with Crippen molar-refractivity contribution in [2.24, 2.45) is 0 Å². The molecule has 2 heterocycles. The van der Waals surface area contributed by atoms with Gasteiger partial charge in [0.2, 0.25) is 10.0 Å². The van der Waals surface area contributed by atoms with E-state index in [1.165, 1.54) is 45.9 Å². The molecular weight excluding hydrogens is 414 g/mol. The Hall–Kier alpha value is -2.75. The monoisotopic (exact) mass is 431 g/mol. The molecule has 1 fully saturated rings. The number of benzene rings is 2. The highest BCUT2D eigenvalue weighted by molar-refractivity contribution is 7.89. The van der Waals surface area contributed by atoms with E-state index in [4.69, 9.17) is 11.6 Å². The summed E-state index contributed by atoms with van der Waals surface area (Å²) >= 11 is 6.07. The number of hydrogen-bond acceptors (Lipinski definition) is 5. The van der Waals surface area contributed by atoms with Crippen LogP contribution in [0.2, 0.25) is 5.02 Å². The third-order valence-electron chi connectivity index (χ3n) is 4.69. The van der Waals surface area contributed by atoms with Gasteiger partial charge in [0, 0.05) is 23.7 Å². The number of hydrogen-bond donors (Lipinski definition) is 1. The van der Waals surface area contributed by atoms with Crippen molar-refractivity contribution in [1.82, 2.24) is 19.1 Å². The molecule has 0 atom stereocenters. The molecule has 2 aromatic carbocycles. The molecule has 1 amide bonds. The van der Waals surface area contributed by atoms with E-state index >= 15 is 0 Å². The summed E-state index contributed by atoms with van der Waals surface area (Å²) in [5, 5.41) is 7.33. The molecule has 150 valence electrons. The van der Waals surface area contributed by atoms with Crippen molar-refractivity contribution in [3.8, 4) is 5.69 Å². The largest absolute Gasteiger partial charge is 0.320 e. The van der Waals surface area contributed by atoms with Crippen LogP contribution in [0.15, 0.2) is 60.0 Å². The second-order valence-corrected chi connectivity index (χ2v) is 8.97. The first-order valence-electron chi connectivity index (χ1n) is 9.01. The molecule has 1 aliphatic heterocycles. The molecule has 1 aliphatic rings. The lowest BCUT2D eigenvalue weighted by Crippen LogP contribution is -2.27. The number of carbonyl (C=O) groups excluding carboxylic acids is 1. The van der Waals surface area contributed by atoms with Crippen molar-refractivity contribution < 1.29 is 13.2 Å². The van der Waals surface area contributed by atoms with E-state index in [0.717, 1.165) is 12.8 Å². The number of rotatable bonds is 5. The predicted molar refractivity (Wildman–Crippen MR) is 109 cm³/mol. The van der Waals surface area contributed by atoms with Gasteiger partial charge in [-0.2, -0.15) is 9.40 Å². The zero-order valence-electron chi connectivity index (χ0n) is 15.3. The van der Waals surface area contributed by atoms with E-state index in [1.54, 1.807) is 18.2 Å². The Balaban J connectivity index is 1.56. The number of amides is 1. The van der Waals surface area contributed by atoms with Gasteiger partial charge >= 0.3 is 0 Å². The summed E-state index contributed by atoms with van der Waals surface area (Å²) in [6.07, 6.45) is 4.64. The van der Waals surface area contributed by atoms with E-state index in [1.807, 2.05) is 0 Å². The Morgan fingerprint density at radius 3 is 2.45 bits per heavy atom. The molecule has 4 rings (SSSR count). The lowest BCUT2D eigenvalue weighted by Gasteiger charge is -2.15. The van der Waals surface area contributed by atoms with Gasteiger partial charge < -0.3 is 5.32 Å². The van der Waals surface area contributed by atoms with E-state index in [-0.39, 0.29) is 4.90 Å². The molecule has 1 saturated heterocycles. The van der Waals surface area contributed by atoms with E-state index in [9.17, 15) is 13.2 Å². The van der Waals surface area contributed by atoms with Crippen LogP contribution in [-0.4, -0.2) is 46.5 Å². The zero-order chi connectivity index (χ0) is 20.4. The first kappa shape index (κ1) is 19.6. The normalized spacial score (nSPS) is 14.8. The molecule has 3 aromatic rings. The second kappa shape index (κ2) is 7.94. The summed E-state index contributed by atoms with van der Waals surface area (Å²) in [6, 6.07) is 10.9. The number of anilines is 1. The zero-order valence-corrected chi connectivity index (χ0v) is 16.9. The standard InChI is InChI=1S/C19H18ClN5O3S/c20-15-5-8-18(25-13-21-12-22-25)17(11-15)23-19(26)14-3-6-16(7-4-14)29(27,28)24-9-1-2-10-24/h3-8,11-13H,1-2,9-10H2,(H,23,26). The number of nitrogens with zero attached hydrogens (tertiary/aromatic N) is 4. The Bertz CT molecular complexity index is 1130. The summed E-state index contributed by atoms with van der Waals surface area (Å²) in [5.41, 5.74) is 1.39. The van der Waals surface area contributed by atoms with Crippen molar-refractivity contribution >= 4 is 33.2 Å². The molecule has 0 unspecified atom stereocenters. The smallest absolute Gasteiger partial charge is 0.255 e. The lowest BCUT2D eigenvalue weighted by atomic mass is 10.2. The minimum absolute atomic E-state index is 0.182. The third-order valence-corrected chi connectivity index (χ3v) is 6.84. The Kier molecular flexibility index (Phi) is 5.35. The Morgan fingerprint density at radius 1 is 1.07 bits per heavy atom. The van der Waals surface area contributed by atoms with Crippen LogP contribution in [0, 0.1) is 0 Å². The van der Waals surface area contributed by atoms with Gasteiger partial charge in [0.25, 0.3) is 5.91 Å².